The van der Waals surface area contributed by atoms with Crippen LogP contribution in [-0.4, -0.2) is 67.1 Å². The number of pyridine rings is 6. The summed E-state index contributed by atoms with van der Waals surface area (Å²) in [5, 5.41) is 1.87. The van der Waals surface area contributed by atoms with Gasteiger partial charge in [-0.3, -0.25) is 34.0 Å². The third-order valence-electron chi connectivity index (χ3n) is 10.2. The molecule has 59 heavy (non-hydrogen) atoms. The number of nitrogens with zero attached hydrogens (tertiary/aromatic N) is 7. The van der Waals surface area contributed by atoms with E-state index in [-0.39, 0.29) is 27.8 Å². The van der Waals surface area contributed by atoms with Gasteiger partial charge >= 0.3 is 0 Å². The molecule has 0 bridgehead atoms. The van der Waals surface area contributed by atoms with E-state index < -0.39 is 5.91 Å². The zero-order valence-electron chi connectivity index (χ0n) is 35.0. The van der Waals surface area contributed by atoms with Crippen molar-refractivity contribution in [3.05, 3.63) is 167 Å². The Morgan fingerprint density at radius 2 is 1.12 bits per heavy atom. The number of hydroxylamine groups is 2. The molecule has 0 spiro atoms. The predicted octanol–water partition coefficient (Wildman–Crippen LogP) is 6.71. The number of amides is 1. The molecule has 0 unspecified atom stereocenters. The summed E-state index contributed by atoms with van der Waals surface area (Å²) in [6.07, 6.45) is 3.15. The smallest absolute Gasteiger partial charge is 0.282 e. The van der Waals surface area contributed by atoms with Crippen molar-refractivity contribution < 1.29 is 19.2 Å². The number of aromatic nitrogens is 6. The second-order valence-corrected chi connectivity index (χ2v) is 14.6. The Hall–Kier alpha value is -6.86. The Kier molecular flexibility index (Phi) is 12.3. The van der Waals surface area contributed by atoms with Crippen LogP contribution in [0.3, 0.4) is 0 Å². The van der Waals surface area contributed by atoms with Gasteiger partial charge in [0, 0.05) is 47.8 Å². The van der Waals surface area contributed by atoms with Crippen LogP contribution in [0.2, 0.25) is 0 Å². The minimum Gasteiger partial charge on any atom is -0.496 e. The standard InChI is InChI=1S/C26H25N3O3.C20H22N4O3/c1-15-12-21-25(31)22(24(30)19-9-10-23(32-5)16(2)11-19)14-29(26(21)28-18(15)4)13-20-8-6-7-17(3)27-20;1-12-9-16-18(25)17(20(26)23(4)27-5)11-24(19(16)22-14(12)3)10-15-8-6-7-13(2)21-15/h6-12,14H,13H2,1-5H3;6-9,11H,10H2,1-5H3. The van der Waals surface area contributed by atoms with Crippen molar-refractivity contribution in [2.75, 3.05) is 21.3 Å². The molecule has 0 radical (unpaired) electrons. The van der Waals surface area contributed by atoms with Gasteiger partial charge in [-0.15, -0.1) is 0 Å². The van der Waals surface area contributed by atoms with E-state index in [2.05, 4.69) is 19.9 Å². The minimum absolute atomic E-state index is 0.0320. The molecule has 0 aliphatic rings. The van der Waals surface area contributed by atoms with Crippen LogP contribution in [-0.2, 0) is 17.9 Å². The quantitative estimate of drug-likeness (QED) is 0.114. The highest BCUT2D eigenvalue weighted by atomic mass is 16.7. The van der Waals surface area contributed by atoms with Gasteiger partial charge < -0.3 is 13.9 Å². The van der Waals surface area contributed by atoms with Crippen molar-refractivity contribution in [1.82, 2.24) is 34.1 Å². The number of carbonyl (C=O) groups is 2. The summed E-state index contributed by atoms with van der Waals surface area (Å²) < 4.78 is 8.93. The van der Waals surface area contributed by atoms with E-state index in [4.69, 9.17) is 9.57 Å². The molecule has 0 fully saturated rings. The van der Waals surface area contributed by atoms with E-state index in [1.807, 2.05) is 95.5 Å². The molecule has 0 saturated heterocycles. The number of benzene rings is 1. The van der Waals surface area contributed by atoms with E-state index in [0.29, 0.717) is 46.5 Å². The lowest BCUT2D eigenvalue weighted by Crippen LogP contribution is -2.31. The molecular weight excluding hydrogens is 747 g/mol. The van der Waals surface area contributed by atoms with Crippen LogP contribution in [0, 0.1) is 48.5 Å². The van der Waals surface area contributed by atoms with Gasteiger partial charge in [-0.2, -0.15) is 0 Å². The third kappa shape index (κ3) is 8.85. The molecule has 0 atom stereocenters. The molecule has 6 heterocycles. The van der Waals surface area contributed by atoms with Gasteiger partial charge in [0.25, 0.3) is 5.91 Å². The molecule has 0 aliphatic heterocycles. The highest BCUT2D eigenvalue weighted by Crippen LogP contribution is 2.22. The normalized spacial score (nSPS) is 11.0. The molecule has 302 valence electrons. The van der Waals surface area contributed by atoms with Crippen molar-refractivity contribution in [3.63, 3.8) is 0 Å². The van der Waals surface area contributed by atoms with Gasteiger partial charge in [-0.25, -0.2) is 15.0 Å². The van der Waals surface area contributed by atoms with E-state index in [1.54, 1.807) is 42.1 Å². The Morgan fingerprint density at radius 1 is 0.627 bits per heavy atom. The summed E-state index contributed by atoms with van der Waals surface area (Å²) in [6.45, 7) is 14.1. The Bertz CT molecular complexity index is 2900. The van der Waals surface area contributed by atoms with Crippen molar-refractivity contribution in [3.8, 4) is 5.75 Å². The molecule has 0 saturated carbocycles. The highest BCUT2D eigenvalue weighted by Gasteiger charge is 2.22. The lowest BCUT2D eigenvalue weighted by Gasteiger charge is -2.17. The van der Waals surface area contributed by atoms with Crippen LogP contribution < -0.4 is 15.6 Å². The number of aryl methyl sites for hydroxylation is 7. The van der Waals surface area contributed by atoms with Crippen LogP contribution in [0.15, 0.2) is 88.7 Å². The SMILES string of the molecule is CON(C)C(=O)c1cn(Cc2cccc(C)n2)c2nc(C)c(C)cc2c1=O.COc1ccc(C(=O)c2cn(Cc3cccc(C)n3)c3nc(C)c(C)cc3c2=O)cc1C. The van der Waals surface area contributed by atoms with Crippen molar-refractivity contribution in [2.24, 2.45) is 0 Å². The molecular formula is C46H47N7O6. The topological polar surface area (TPSA) is 151 Å². The first-order valence-corrected chi connectivity index (χ1v) is 19.0. The zero-order chi connectivity index (χ0) is 42.7. The van der Waals surface area contributed by atoms with Gasteiger partial charge in [0.1, 0.15) is 22.6 Å². The van der Waals surface area contributed by atoms with Gasteiger partial charge in [0.05, 0.1) is 55.0 Å². The average molecular weight is 794 g/mol. The Balaban J connectivity index is 0.000000201. The van der Waals surface area contributed by atoms with E-state index in [9.17, 15) is 19.2 Å². The summed E-state index contributed by atoms with van der Waals surface area (Å²) in [6, 6.07) is 20.3. The highest BCUT2D eigenvalue weighted by molar-refractivity contribution is 6.10. The molecule has 0 N–H and O–H groups in total. The number of ketones is 1. The van der Waals surface area contributed by atoms with Crippen LogP contribution >= 0.6 is 0 Å². The first-order chi connectivity index (χ1) is 28.1. The zero-order valence-corrected chi connectivity index (χ0v) is 35.0. The Labute approximate surface area is 341 Å². The second-order valence-electron chi connectivity index (χ2n) is 14.6. The van der Waals surface area contributed by atoms with Crippen LogP contribution in [0.4, 0.5) is 0 Å². The summed E-state index contributed by atoms with van der Waals surface area (Å²) in [7, 11) is 4.43. The molecule has 13 heteroatoms. The molecule has 0 aliphatic carbocycles. The summed E-state index contributed by atoms with van der Waals surface area (Å²) in [5.41, 5.74) is 8.73. The second kappa shape index (κ2) is 17.3. The molecule has 1 amide bonds. The largest absolute Gasteiger partial charge is 0.496 e. The fourth-order valence-electron chi connectivity index (χ4n) is 6.71. The fraction of sp³-hybridized carbons (Fsp3) is 0.261. The van der Waals surface area contributed by atoms with Gasteiger partial charge in [-0.1, -0.05) is 12.1 Å². The molecule has 6 aromatic heterocycles. The lowest BCUT2D eigenvalue weighted by atomic mass is 10.0. The molecule has 1 aromatic carbocycles. The monoisotopic (exact) mass is 793 g/mol. The number of carbonyl (C=O) groups excluding carboxylic acids is 2. The van der Waals surface area contributed by atoms with Gasteiger partial charge in [-0.05, 0) is 120 Å². The average Bonchev–Trinajstić information content (AvgIpc) is 3.21. The van der Waals surface area contributed by atoms with Gasteiger partial charge in [0.2, 0.25) is 10.9 Å². The fourth-order valence-corrected chi connectivity index (χ4v) is 6.71. The summed E-state index contributed by atoms with van der Waals surface area (Å²) >= 11 is 0. The summed E-state index contributed by atoms with van der Waals surface area (Å²) in [5.74, 6) is -0.140. The maximum atomic E-state index is 13.4. The van der Waals surface area contributed by atoms with E-state index >= 15 is 0 Å². The first kappa shape index (κ1) is 41.8. The van der Waals surface area contributed by atoms with Crippen molar-refractivity contribution in [2.45, 2.75) is 61.6 Å². The Morgan fingerprint density at radius 3 is 1.58 bits per heavy atom. The number of hydrogen-bond acceptors (Lipinski definition) is 10. The molecule has 13 nitrogen and oxygen atoms in total. The third-order valence-corrected chi connectivity index (χ3v) is 10.2. The maximum absolute atomic E-state index is 13.4. The first-order valence-electron chi connectivity index (χ1n) is 19.0. The summed E-state index contributed by atoms with van der Waals surface area (Å²) in [4.78, 5) is 75.6. The number of methoxy groups -OCH3 is 1. The molecule has 7 aromatic rings. The predicted molar refractivity (Wildman–Crippen MR) is 227 cm³/mol. The minimum atomic E-state index is -0.506. The number of hydrogen-bond donors (Lipinski definition) is 0. The van der Waals surface area contributed by atoms with Crippen molar-refractivity contribution in [1.29, 1.82) is 0 Å². The van der Waals surface area contributed by atoms with Gasteiger partial charge in [0.15, 0.2) is 5.78 Å². The van der Waals surface area contributed by atoms with Crippen LogP contribution in [0.1, 0.15) is 77.1 Å². The maximum Gasteiger partial charge on any atom is 0.282 e. The van der Waals surface area contributed by atoms with Crippen LogP contribution in [0.25, 0.3) is 22.1 Å². The van der Waals surface area contributed by atoms with Crippen LogP contribution in [0.5, 0.6) is 5.75 Å². The molecule has 7 rings (SSSR count). The number of fused-ring (bicyclic) bond motifs is 2. The van der Waals surface area contributed by atoms with E-state index in [1.165, 1.54) is 20.4 Å². The number of ether oxygens (including phenoxy) is 1. The lowest BCUT2D eigenvalue weighted by molar-refractivity contribution is -0.0758. The van der Waals surface area contributed by atoms with E-state index in [0.717, 1.165) is 55.9 Å². The van der Waals surface area contributed by atoms with Crippen molar-refractivity contribution >= 4 is 33.8 Å². The number of rotatable bonds is 9.